The maximum absolute atomic E-state index is 10.1. The topological polar surface area (TPSA) is 190 Å². The molecule has 2 heterocycles. The van der Waals surface area contributed by atoms with Gasteiger partial charge < -0.3 is 55.1 Å². The molecule has 2 rings (SSSR count). The Kier molecular flexibility index (Phi) is 6.16. The van der Waals surface area contributed by atoms with E-state index in [4.69, 9.17) is 19.3 Å². The van der Waals surface area contributed by atoms with Crippen LogP contribution in [-0.2, 0) is 14.2 Å². The number of hydrogen-bond acceptors (Lipinski definition) is 11. The molecule has 10 atom stereocenters. The smallest absolute Gasteiger partial charge is 0.197 e. The predicted molar refractivity (Wildman–Crippen MR) is 73.2 cm³/mol. The van der Waals surface area contributed by atoms with E-state index in [1.165, 1.54) is 6.92 Å². The summed E-state index contributed by atoms with van der Waals surface area (Å²) < 4.78 is 15.8. The molecule has 2 saturated heterocycles. The van der Waals surface area contributed by atoms with Gasteiger partial charge in [0.25, 0.3) is 0 Å². The third kappa shape index (κ3) is 3.43. The van der Waals surface area contributed by atoms with Gasteiger partial charge in [-0.1, -0.05) is 0 Å². The molecule has 0 bridgehead atoms. The Morgan fingerprint density at radius 3 is 1.88 bits per heavy atom. The standard InChI is InChI=1S/C13H24O11/c1-13(11(21)9(19)7(17)5(3-15)23-13)24-12-10(20)8(18)6(16)4(2-14)22-12/h4-12,14-21H,2-3H2,1H3/t4-,5?,6-,7+,8?,9?,10?,11?,12-,13-/m1/s1. The number of aliphatic hydroxyl groups is 8. The second kappa shape index (κ2) is 7.43. The lowest BCUT2D eigenvalue weighted by molar-refractivity contribution is -0.416. The van der Waals surface area contributed by atoms with Crippen LogP contribution in [0.5, 0.6) is 0 Å². The molecule has 0 aromatic rings. The number of aliphatic hydroxyl groups excluding tert-OH is 8. The summed E-state index contributed by atoms with van der Waals surface area (Å²) in [5.41, 5.74) is 0. The monoisotopic (exact) mass is 356 g/mol. The van der Waals surface area contributed by atoms with E-state index in [2.05, 4.69) is 0 Å². The van der Waals surface area contributed by atoms with Crippen molar-refractivity contribution in [3.63, 3.8) is 0 Å². The number of rotatable bonds is 4. The second-order valence-electron chi connectivity index (χ2n) is 6.10. The van der Waals surface area contributed by atoms with E-state index in [1.807, 2.05) is 0 Å². The quantitative estimate of drug-likeness (QED) is 0.241. The lowest BCUT2D eigenvalue weighted by Gasteiger charge is -2.49. The third-order valence-electron chi connectivity index (χ3n) is 4.36. The van der Waals surface area contributed by atoms with Gasteiger partial charge in [-0.2, -0.15) is 0 Å². The molecular weight excluding hydrogens is 332 g/mol. The van der Waals surface area contributed by atoms with Crippen molar-refractivity contribution < 1.29 is 55.1 Å². The van der Waals surface area contributed by atoms with Crippen molar-refractivity contribution in [2.45, 2.75) is 67.8 Å². The van der Waals surface area contributed by atoms with Crippen molar-refractivity contribution in [2.24, 2.45) is 0 Å². The van der Waals surface area contributed by atoms with Crippen molar-refractivity contribution in [3.05, 3.63) is 0 Å². The highest BCUT2D eigenvalue weighted by molar-refractivity contribution is 4.96. The zero-order valence-electron chi connectivity index (χ0n) is 12.9. The Balaban J connectivity index is 2.18. The van der Waals surface area contributed by atoms with Crippen LogP contribution < -0.4 is 0 Å². The Hall–Kier alpha value is -0.440. The average molecular weight is 356 g/mol. The fourth-order valence-corrected chi connectivity index (χ4v) is 2.79. The molecule has 0 aromatic heterocycles. The van der Waals surface area contributed by atoms with Crippen molar-refractivity contribution in [3.8, 4) is 0 Å². The highest BCUT2D eigenvalue weighted by Crippen LogP contribution is 2.34. The maximum Gasteiger partial charge on any atom is 0.197 e. The number of ether oxygens (including phenoxy) is 3. The molecule has 0 saturated carbocycles. The van der Waals surface area contributed by atoms with E-state index in [-0.39, 0.29) is 0 Å². The van der Waals surface area contributed by atoms with Crippen LogP contribution in [0.3, 0.4) is 0 Å². The molecule has 8 N–H and O–H groups in total. The summed E-state index contributed by atoms with van der Waals surface area (Å²) in [6, 6.07) is 0. The molecule has 2 aliphatic rings. The van der Waals surface area contributed by atoms with Gasteiger partial charge in [0.15, 0.2) is 12.1 Å². The first-order chi connectivity index (χ1) is 11.2. The Morgan fingerprint density at radius 2 is 1.33 bits per heavy atom. The van der Waals surface area contributed by atoms with Crippen LogP contribution in [-0.4, -0.2) is 115 Å². The molecule has 0 amide bonds. The summed E-state index contributed by atoms with van der Waals surface area (Å²) >= 11 is 0. The Labute approximate surface area is 137 Å². The molecule has 0 aromatic carbocycles. The van der Waals surface area contributed by atoms with Crippen molar-refractivity contribution in [1.29, 1.82) is 0 Å². The van der Waals surface area contributed by atoms with E-state index in [0.717, 1.165) is 0 Å². The minimum absolute atomic E-state index is 0.675. The van der Waals surface area contributed by atoms with Crippen LogP contribution in [0.25, 0.3) is 0 Å². The van der Waals surface area contributed by atoms with Gasteiger partial charge in [0.1, 0.15) is 48.8 Å². The molecule has 0 aliphatic carbocycles. The van der Waals surface area contributed by atoms with Crippen molar-refractivity contribution in [1.82, 2.24) is 0 Å². The Bertz CT molecular complexity index is 419. The summed E-state index contributed by atoms with van der Waals surface area (Å²) in [5, 5.41) is 77.4. The summed E-state index contributed by atoms with van der Waals surface area (Å²) in [6.07, 6.45) is -14.2. The van der Waals surface area contributed by atoms with Crippen molar-refractivity contribution in [2.75, 3.05) is 13.2 Å². The largest absolute Gasteiger partial charge is 0.394 e. The normalized spacial score (nSPS) is 53.1. The van der Waals surface area contributed by atoms with Gasteiger partial charge in [-0.15, -0.1) is 0 Å². The second-order valence-corrected chi connectivity index (χ2v) is 6.10. The molecule has 5 unspecified atom stereocenters. The fraction of sp³-hybridized carbons (Fsp3) is 1.00. The molecule has 24 heavy (non-hydrogen) atoms. The highest BCUT2D eigenvalue weighted by Gasteiger charge is 2.55. The first kappa shape index (κ1) is 19.9. The summed E-state index contributed by atoms with van der Waals surface area (Å²) in [4.78, 5) is 0. The highest BCUT2D eigenvalue weighted by atomic mass is 16.8. The molecule has 142 valence electrons. The average Bonchev–Trinajstić information content (AvgIpc) is 2.57. The number of hydrogen-bond donors (Lipinski definition) is 8. The first-order valence-electron chi connectivity index (χ1n) is 7.47. The van der Waals surface area contributed by atoms with Gasteiger partial charge >= 0.3 is 0 Å². The van der Waals surface area contributed by atoms with Crippen LogP contribution in [0.2, 0.25) is 0 Å². The SMILES string of the molecule is C[C@]1(O[C@H]2O[C@H](CO)[C@@H](O)C(O)C2O)OC(CO)[C@H](O)C(O)C1O. The predicted octanol–water partition coefficient (Wildman–Crippen LogP) is -5.01. The van der Waals surface area contributed by atoms with Gasteiger partial charge in [-0.3, -0.25) is 0 Å². The fourth-order valence-electron chi connectivity index (χ4n) is 2.79. The summed E-state index contributed by atoms with van der Waals surface area (Å²) in [5.74, 6) is -2.01. The maximum atomic E-state index is 10.1. The van der Waals surface area contributed by atoms with Gasteiger partial charge in [0.2, 0.25) is 0 Å². The lowest BCUT2D eigenvalue weighted by Crippen LogP contribution is -2.68. The van der Waals surface area contributed by atoms with E-state index in [1.54, 1.807) is 0 Å². The first-order valence-corrected chi connectivity index (χ1v) is 7.47. The lowest BCUT2D eigenvalue weighted by atomic mass is 9.93. The molecule has 11 heteroatoms. The zero-order chi connectivity index (χ0) is 18.2. The van der Waals surface area contributed by atoms with Gasteiger partial charge in [0.05, 0.1) is 13.2 Å². The Morgan fingerprint density at radius 1 is 0.792 bits per heavy atom. The van der Waals surface area contributed by atoms with Gasteiger partial charge in [-0.25, -0.2) is 0 Å². The summed E-state index contributed by atoms with van der Waals surface area (Å²) in [6.45, 7) is -0.180. The van der Waals surface area contributed by atoms with Gasteiger partial charge in [-0.05, 0) is 6.92 Å². The molecule has 0 spiro atoms. The minimum atomic E-state index is -2.01. The molecular formula is C13H24O11. The van der Waals surface area contributed by atoms with Crippen molar-refractivity contribution >= 4 is 0 Å². The van der Waals surface area contributed by atoms with E-state index in [0.29, 0.717) is 0 Å². The van der Waals surface area contributed by atoms with Crippen LogP contribution in [0.15, 0.2) is 0 Å². The van der Waals surface area contributed by atoms with E-state index in [9.17, 15) is 35.7 Å². The van der Waals surface area contributed by atoms with Crippen LogP contribution in [0.1, 0.15) is 6.92 Å². The van der Waals surface area contributed by atoms with E-state index >= 15 is 0 Å². The minimum Gasteiger partial charge on any atom is -0.394 e. The molecule has 2 fully saturated rings. The molecule has 0 radical (unpaired) electrons. The summed E-state index contributed by atoms with van der Waals surface area (Å²) in [7, 11) is 0. The van der Waals surface area contributed by atoms with Crippen LogP contribution in [0, 0.1) is 0 Å². The third-order valence-corrected chi connectivity index (χ3v) is 4.36. The van der Waals surface area contributed by atoms with Crippen LogP contribution >= 0.6 is 0 Å². The van der Waals surface area contributed by atoms with Gasteiger partial charge in [0, 0.05) is 0 Å². The molecule has 2 aliphatic heterocycles. The van der Waals surface area contributed by atoms with E-state index < -0.39 is 74.1 Å². The van der Waals surface area contributed by atoms with Crippen LogP contribution in [0.4, 0.5) is 0 Å². The molecule has 11 nitrogen and oxygen atoms in total. The zero-order valence-corrected chi connectivity index (χ0v) is 12.9.